The molecule has 0 rings (SSSR count). The third-order valence-corrected chi connectivity index (χ3v) is 0.904. The van der Waals surface area contributed by atoms with Gasteiger partial charge in [0.25, 0.3) is 0 Å². The highest BCUT2D eigenvalue weighted by atomic mass is 16.1. The largest absolute Gasteiger partial charge is 0.404 e. The monoisotopic (exact) mass is 113 g/mol. The summed E-state index contributed by atoms with van der Waals surface area (Å²) in [6.45, 7) is 2.01. The number of carbonyl (C=O) groups excluding carboxylic acids is 1. The van der Waals surface area contributed by atoms with Crippen molar-refractivity contribution in [2.24, 2.45) is 5.73 Å². The standard InChI is InChI=1S/C6H11NO/c1-2-3-6(4-7)5-8/h4-5H,2-3,7H2,1H3. The number of carbonyl (C=O) groups is 1. The van der Waals surface area contributed by atoms with Gasteiger partial charge < -0.3 is 5.73 Å². The van der Waals surface area contributed by atoms with E-state index in [4.69, 9.17) is 5.73 Å². The average molecular weight is 113 g/mol. The van der Waals surface area contributed by atoms with Gasteiger partial charge in [-0.25, -0.2) is 0 Å². The van der Waals surface area contributed by atoms with Crippen LogP contribution in [0, 0.1) is 0 Å². The van der Waals surface area contributed by atoms with Gasteiger partial charge in [0, 0.05) is 11.8 Å². The molecule has 0 amide bonds. The Morgan fingerprint density at radius 2 is 2.38 bits per heavy atom. The topological polar surface area (TPSA) is 43.1 Å². The van der Waals surface area contributed by atoms with Gasteiger partial charge in [0.2, 0.25) is 0 Å². The molecule has 2 nitrogen and oxygen atoms in total. The first-order valence-electron chi connectivity index (χ1n) is 2.71. The van der Waals surface area contributed by atoms with Gasteiger partial charge in [-0.15, -0.1) is 0 Å². The lowest BCUT2D eigenvalue weighted by Crippen LogP contribution is -1.89. The van der Waals surface area contributed by atoms with Crippen LogP contribution in [0.15, 0.2) is 11.8 Å². The van der Waals surface area contributed by atoms with Crippen molar-refractivity contribution in [1.29, 1.82) is 0 Å². The zero-order chi connectivity index (χ0) is 6.41. The van der Waals surface area contributed by atoms with E-state index in [0.717, 1.165) is 19.1 Å². The van der Waals surface area contributed by atoms with Crippen LogP contribution >= 0.6 is 0 Å². The maximum Gasteiger partial charge on any atom is 0.147 e. The van der Waals surface area contributed by atoms with Crippen LogP contribution in [0.2, 0.25) is 0 Å². The van der Waals surface area contributed by atoms with Gasteiger partial charge in [-0.05, 0) is 6.42 Å². The summed E-state index contributed by atoms with van der Waals surface area (Å²) in [5.74, 6) is 0. The van der Waals surface area contributed by atoms with E-state index in [1.54, 1.807) is 0 Å². The molecule has 0 saturated carbocycles. The molecule has 0 aliphatic rings. The van der Waals surface area contributed by atoms with Crippen LogP contribution in [0.1, 0.15) is 19.8 Å². The predicted octanol–water partition coefficient (Wildman–Crippen LogP) is 0.828. The fourth-order valence-electron chi connectivity index (χ4n) is 0.470. The summed E-state index contributed by atoms with van der Waals surface area (Å²) < 4.78 is 0. The Bertz CT molecular complexity index is 96.7. The maximum absolute atomic E-state index is 9.98. The summed E-state index contributed by atoms with van der Waals surface area (Å²) >= 11 is 0. The quantitative estimate of drug-likeness (QED) is 0.435. The number of aldehydes is 1. The molecule has 0 unspecified atom stereocenters. The first-order valence-corrected chi connectivity index (χ1v) is 2.71. The number of nitrogens with two attached hydrogens (primary N) is 1. The number of hydrogen-bond donors (Lipinski definition) is 1. The fraction of sp³-hybridized carbons (Fsp3) is 0.500. The Labute approximate surface area is 49.4 Å². The van der Waals surface area contributed by atoms with Gasteiger partial charge in [0.15, 0.2) is 0 Å². The lowest BCUT2D eigenvalue weighted by molar-refractivity contribution is -0.105. The molecular weight excluding hydrogens is 102 g/mol. The van der Waals surface area contributed by atoms with Gasteiger partial charge in [-0.2, -0.15) is 0 Å². The second-order valence-electron chi connectivity index (χ2n) is 1.61. The van der Waals surface area contributed by atoms with Crippen molar-refractivity contribution in [2.45, 2.75) is 19.8 Å². The molecule has 46 valence electrons. The van der Waals surface area contributed by atoms with Crippen molar-refractivity contribution in [1.82, 2.24) is 0 Å². The van der Waals surface area contributed by atoms with E-state index in [0.29, 0.717) is 5.57 Å². The molecule has 0 fully saturated rings. The van der Waals surface area contributed by atoms with Crippen molar-refractivity contribution in [3.05, 3.63) is 11.8 Å². The highest BCUT2D eigenvalue weighted by molar-refractivity contribution is 5.72. The van der Waals surface area contributed by atoms with Gasteiger partial charge >= 0.3 is 0 Å². The van der Waals surface area contributed by atoms with Crippen molar-refractivity contribution >= 4 is 6.29 Å². The van der Waals surface area contributed by atoms with E-state index in [1.165, 1.54) is 6.20 Å². The van der Waals surface area contributed by atoms with Crippen LogP contribution in [-0.4, -0.2) is 6.29 Å². The first kappa shape index (κ1) is 7.21. The molecule has 2 heteroatoms. The summed E-state index contributed by atoms with van der Waals surface area (Å²) in [5.41, 5.74) is 5.76. The second kappa shape index (κ2) is 4.37. The molecule has 0 aromatic carbocycles. The van der Waals surface area contributed by atoms with Crippen LogP contribution in [0.3, 0.4) is 0 Å². The zero-order valence-electron chi connectivity index (χ0n) is 5.05. The van der Waals surface area contributed by atoms with E-state index in [-0.39, 0.29) is 0 Å². The summed E-state index contributed by atoms with van der Waals surface area (Å²) in [4.78, 5) is 9.98. The molecule has 2 N–H and O–H groups in total. The molecule has 0 aliphatic carbocycles. The van der Waals surface area contributed by atoms with Gasteiger partial charge in [0.05, 0.1) is 0 Å². The van der Waals surface area contributed by atoms with E-state index in [9.17, 15) is 4.79 Å². The minimum Gasteiger partial charge on any atom is -0.404 e. The van der Waals surface area contributed by atoms with Crippen molar-refractivity contribution < 1.29 is 4.79 Å². The van der Waals surface area contributed by atoms with Gasteiger partial charge in [-0.3, -0.25) is 4.79 Å². The van der Waals surface area contributed by atoms with E-state index < -0.39 is 0 Å². The molecule has 0 radical (unpaired) electrons. The zero-order valence-corrected chi connectivity index (χ0v) is 5.05. The summed E-state index contributed by atoms with van der Waals surface area (Å²) in [6.07, 6.45) is 3.92. The molecule has 0 aromatic heterocycles. The van der Waals surface area contributed by atoms with E-state index in [2.05, 4.69) is 0 Å². The van der Waals surface area contributed by atoms with Crippen LogP contribution < -0.4 is 5.73 Å². The molecule has 0 aliphatic heterocycles. The minimum atomic E-state index is 0.688. The smallest absolute Gasteiger partial charge is 0.147 e. The fourth-order valence-corrected chi connectivity index (χ4v) is 0.470. The second-order valence-corrected chi connectivity index (χ2v) is 1.61. The third kappa shape index (κ3) is 2.39. The Morgan fingerprint density at radius 3 is 2.50 bits per heavy atom. The van der Waals surface area contributed by atoms with Crippen molar-refractivity contribution in [3.8, 4) is 0 Å². The Kier molecular flexibility index (Phi) is 3.94. The molecule has 0 atom stereocenters. The van der Waals surface area contributed by atoms with Crippen LogP contribution in [0.25, 0.3) is 0 Å². The minimum absolute atomic E-state index is 0.688. The molecule has 0 saturated heterocycles. The van der Waals surface area contributed by atoms with Gasteiger partial charge in [-0.1, -0.05) is 13.3 Å². The highest BCUT2D eigenvalue weighted by Gasteiger charge is 1.87. The normalized spacial score (nSPS) is 11.4. The maximum atomic E-state index is 9.98. The number of hydrogen-bond acceptors (Lipinski definition) is 2. The SMILES string of the molecule is CCCC(C=O)=CN. The van der Waals surface area contributed by atoms with E-state index in [1.807, 2.05) is 6.92 Å². The molecule has 0 spiro atoms. The number of allylic oxidation sites excluding steroid dienone is 1. The van der Waals surface area contributed by atoms with Crippen molar-refractivity contribution in [3.63, 3.8) is 0 Å². The predicted molar refractivity (Wildman–Crippen MR) is 33.2 cm³/mol. The summed E-state index contributed by atoms with van der Waals surface area (Å²) in [5, 5.41) is 0. The van der Waals surface area contributed by atoms with Crippen LogP contribution in [0.4, 0.5) is 0 Å². The number of rotatable bonds is 3. The molecule has 8 heavy (non-hydrogen) atoms. The Morgan fingerprint density at radius 1 is 1.75 bits per heavy atom. The lowest BCUT2D eigenvalue weighted by Gasteiger charge is -1.89. The molecule has 0 heterocycles. The first-order chi connectivity index (χ1) is 3.85. The van der Waals surface area contributed by atoms with Crippen LogP contribution in [0.5, 0.6) is 0 Å². The third-order valence-electron chi connectivity index (χ3n) is 0.904. The molecular formula is C6H11NO. The van der Waals surface area contributed by atoms with Crippen molar-refractivity contribution in [2.75, 3.05) is 0 Å². The van der Waals surface area contributed by atoms with Crippen LogP contribution in [-0.2, 0) is 4.79 Å². The molecule has 0 bridgehead atoms. The Balaban J connectivity index is 3.54. The summed E-state index contributed by atoms with van der Waals surface area (Å²) in [7, 11) is 0. The lowest BCUT2D eigenvalue weighted by atomic mass is 10.2. The Hall–Kier alpha value is -0.790. The van der Waals surface area contributed by atoms with E-state index >= 15 is 0 Å². The highest BCUT2D eigenvalue weighted by Crippen LogP contribution is 1.97. The molecule has 0 aromatic rings. The summed E-state index contributed by atoms with van der Waals surface area (Å²) in [6, 6.07) is 0. The average Bonchev–Trinajstić information content (AvgIpc) is 1.83. The van der Waals surface area contributed by atoms with Gasteiger partial charge in [0.1, 0.15) is 6.29 Å².